The molecule has 0 unspecified atom stereocenters. The zero-order chi connectivity index (χ0) is 47.8. The van der Waals surface area contributed by atoms with E-state index in [9.17, 15) is 4.79 Å². The number of halogens is 1. The van der Waals surface area contributed by atoms with Crippen LogP contribution in [0, 0.1) is 3.57 Å². The molecule has 0 fully saturated rings. The van der Waals surface area contributed by atoms with Crippen molar-refractivity contribution in [1.82, 2.24) is 19.9 Å². The second kappa shape index (κ2) is 16.9. The van der Waals surface area contributed by atoms with Gasteiger partial charge in [0, 0.05) is 53.5 Å². The van der Waals surface area contributed by atoms with Gasteiger partial charge in [0.15, 0.2) is 0 Å². The van der Waals surface area contributed by atoms with Crippen molar-refractivity contribution in [2.75, 3.05) is 0 Å². The van der Waals surface area contributed by atoms with Gasteiger partial charge in [-0.3, -0.25) is 4.79 Å². The van der Waals surface area contributed by atoms with Crippen molar-refractivity contribution in [1.29, 1.82) is 0 Å². The Morgan fingerprint density at radius 1 is 0.388 bits per heavy atom. The van der Waals surface area contributed by atoms with Crippen molar-refractivity contribution >= 4 is 75.2 Å². The molecule has 4 aromatic carbocycles. The van der Waals surface area contributed by atoms with Crippen molar-refractivity contribution < 1.29 is 4.79 Å². The molecule has 5 nitrogen and oxygen atoms in total. The van der Waals surface area contributed by atoms with Crippen LogP contribution in [0.4, 0.5) is 0 Å². The van der Waals surface area contributed by atoms with E-state index in [-0.39, 0.29) is 21.7 Å². The Balaban J connectivity index is 1.49. The Labute approximate surface area is 410 Å². The summed E-state index contributed by atoms with van der Waals surface area (Å²) in [5.74, 6) is 0. The number of carbonyl (C=O) groups is 1. The summed E-state index contributed by atoms with van der Waals surface area (Å²) < 4.78 is 1.16. The molecule has 0 saturated carbocycles. The molecule has 0 atom stereocenters. The van der Waals surface area contributed by atoms with Crippen molar-refractivity contribution in [3.63, 3.8) is 0 Å². The normalized spacial score (nSPS) is 13.1. The summed E-state index contributed by atoms with van der Waals surface area (Å²) in [4.78, 5) is 31.0. The summed E-state index contributed by atoms with van der Waals surface area (Å²) in [6, 6.07) is 39.4. The second-order valence-corrected chi connectivity index (χ2v) is 23.6. The Hall–Kier alpha value is -6.12. The van der Waals surface area contributed by atoms with Crippen LogP contribution in [-0.2, 0) is 21.7 Å². The minimum absolute atomic E-state index is 0.0918. The third-order valence-corrected chi connectivity index (χ3v) is 13.8. The number of benzene rings is 4. The lowest BCUT2D eigenvalue weighted by Crippen LogP contribution is -2.16. The lowest BCUT2D eigenvalue weighted by atomic mass is 9.78. The number of H-pyrrole nitrogens is 2. The van der Waals surface area contributed by atoms with Gasteiger partial charge in [-0.2, -0.15) is 0 Å². The van der Waals surface area contributed by atoms with E-state index in [2.05, 4.69) is 225 Å². The summed E-state index contributed by atoms with van der Waals surface area (Å²) in [6.07, 6.45) is 9.56. The molecule has 9 rings (SSSR count). The highest BCUT2D eigenvalue weighted by Crippen LogP contribution is 2.42. The van der Waals surface area contributed by atoms with Crippen LogP contribution in [-0.4, -0.2) is 26.2 Å². The number of nitrogens with zero attached hydrogens (tertiary/aromatic N) is 2. The van der Waals surface area contributed by atoms with E-state index >= 15 is 0 Å². The zero-order valence-electron chi connectivity index (χ0n) is 41.0. The predicted octanol–water partition coefficient (Wildman–Crippen LogP) is 16.9. The van der Waals surface area contributed by atoms with Gasteiger partial charge in [-0.1, -0.05) is 156 Å². The van der Waals surface area contributed by atoms with Crippen molar-refractivity contribution in [2.45, 2.75) is 105 Å². The maximum atomic E-state index is 11.9. The van der Waals surface area contributed by atoms with Gasteiger partial charge in [0.25, 0.3) is 0 Å². The molecule has 0 aliphatic carbocycles. The SMILES string of the molecule is CC(C)(C)c1cc(-c2c3nc(c(-c4ccc(I)cc4)c4nc(c(-c5cc(C(C)(C)C)cc(C(C)(C)C)c5)c5ccc([nH]5)c(-c5ccc(C=O)cc5)c5ccc2[nH]5)C=C4)C=C3)cc(C(C)(C)C)c1. The number of rotatable bonds is 5. The van der Waals surface area contributed by atoms with Crippen LogP contribution in [0.1, 0.15) is 138 Å². The molecule has 67 heavy (non-hydrogen) atoms. The van der Waals surface area contributed by atoms with Gasteiger partial charge in [0.1, 0.15) is 6.29 Å². The van der Waals surface area contributed by atoms with Gasteiger partial charge >= 0.3 is 0 Å². The number of nitrogens with one attached hydrogen (secondary N) is 2. The van der Waals surface area contributed by atoms with Crippen LogP contribution in [0.25, 0.3) is 90.9 Å². The summed E-state index contributed by atoms with van der Waals surface area (Å²) >= 11 is 2.38. The van der Waals surface area contributed by atoms with Crippen molar-refractivity contribution in [2.24, 2.45) is 0 Å². The number of hydrogen-bond acceptors (Lipinski definition) is 3. The van der Waals surface area contributed by atoms with Gasteiger partial charge in [-0.05, 0) is 149 Å². The molecular weight excluding hydrogens is 932 g/mol. The molecule has 338 valence electrons. The predicted molar refractivity (Wildman–Crippen MR) is 294 cm³/mol. The molecule has 6 heteroatoms. The van der Waals surface area contributed by atoms with Crippen molar-refractivity contribution in [3.8, 4) is 44.5 Å². The number of aromatic nitrogens is 4. The molecule has 7 aromatic rings. The first-order valence-corrected chi connectivity index (χ1v) is 24.4. The summed E-state index contributed by atoms with van der Waals surface area (Å²) in [5.41, 5.74) is 20.8. The summed E-state index contributed by atoms with van der Waals surface area (Å²) in [5, 5.41) is 0. The molecule has 2 aliphatic rings. The van der Waals surface area contributed by atoms with Crippen LogP contribution in [0.3, 0.4) is 0 Å². The van der Waals surface area contributed by atoms with E-state index in [1.54, 1.807) is 0 Å². The van der Waals surface area contributed by atoms with Crippen LogP contribution in [0.15, 0.2) is 109 Å². The average molecular weight is 993 g/mol. The summed E-state index contributed by atoms with van der Waals surface area (Å²) in [6.45, 7) is 27.4. The monoisotopic (exact) mass is 992 g/mol. The Morgan fingerprint density at radius 2 is 0.701 bits per heavy atom. The number of aromatic amines is 2. The molecule has 0 amide bonds. The van der Waals surface area contributed by atoms with Gasteiger partial charge in [0.05, 0.1) is 22.8 Å². The van der Waals surface area contributed by atoms with E-state index in [0.29, 0.717) is 5.56 Å². The first kappa shape index (κ1) is 46.0. The fourth-order valence-corrected chi connectivity index (χ4v) is 9.40. The standard InChI is InChI=1S/C61H61IN4O/c1-58(2,3)41-29-39(30-42(33-41)59(4,5)6)56-50-25-21-46(63-50)54(37-15-13-36(35-67)14-16-37)47-22-26-51(64-47)57(40-31-43(60(7,8)9)34-44(32-40)61(10,11)12)53-28-24-49(66-53)55(48-23-27-52(56)65-48)38-17-19-45(62)20-18-38/h13-35,63-64H,1-12H3. The van der Waals surface area contributed by atoms with E-state index < -0.39 is 0 Å². The second-order valence-electron chi connectivity index (χ2n) is 22.3. The lowest BCUT2D eigenvalue weighted by molar-refractivity contribution is 0.112. The third-order valence-electron chi connectivity index (χ3n) is 13.1. The molecule has 2 N–H and O–H groups in total. The number of aldehydes is 1. The van der Waals surface area contributed by atoms with Gasteiger partial charge in [-0.25, -0.2) is 9.97 Å². The molecule has 2 aliphatic heterocycles. The molecule has 3 aromatic heterocycles. The Bertz CT molecular complexity index is 3090. The summed E-state index contributed by atoms with van der Waals surface area (Å²) in [7, 11) is 0. The maximum absolute atomic E-state index is 11.9. The maximum Gasteiger partial charge on any atom is 0.150 e. The van der Waals surface area contributed by atoms with Gasteiger partial charge in [-0.15, -0.1) is 0 Å². The largest absolute Gasteiger partial charge is 0.354 e. The highest BCUT2D eigenvalue weighted by atomic mass is 127. The van der Waals surface area contributed by atoms with Gasteiger partial charge < -0.3 is 9.97 Å². The van der Waals surface area contributed by atoms with Crippen LogP contribution in [0.2, 0.25) is 0 Å². The van der Waals surface area contributed by atoms with E-state index in [0.717, 1.165) is 99.2 Å². The topological polar surface area (TPSA) is 74.4 Å². The van der Waals surface area contributed by atoms with Crippen LogP contribution < -0.4 is 0 Å². The highest BCUT2D eigenvalue weighted by molar-refractivity contribution is 14.1. The zero-order valence-corrected chi connectivity index (χ0v) is 43.1. The minimum atomic E-state index is -0.0918. The Kier molecular flexibility index (Phi) is 11.6. The van der Waals surface area contributed by atoms with Crippen LogP contribution in [0.5, 0.6) is 0 Å². The fraction of sp³-hybridized carbons (Fsp3) is 0.262. The third kappa shape index (κ3) is 9.17. The number of fused-ring (bicyclic) bond motifs is 8. The molecule has 0 spiro atoms. The molecule has 5 heterocycles. The van der Waals surface area contributed by atoms with Crippen LogP contribution >= 0.6 is 22.6 Å². The van der Waals surface area contributed by atoms with E-state index in [4.69, 9.17) is 9.97 Å². The first-order valence-electron chi connectivity index (χ1n) is 23.4. The number of hydrogen-bond donors (Lipinski definition) is 2. The molecule has 8 bridgehead atoms. The van der Waals surface area contributed by atoms with E-state index in [1.165, 1.54) is 22.3 Å². The van der Waals surface area contributed by atoms with Gasteiger partial charge in [0.2, 0.25) is 0 Å². The molecule has 0 radical (unpaired) electrons. The van der Waals surface area contributed by atoms with Crippen molar-refractivity contribution in [3.05, 3.63) is 163 Å². The highest BCUT2D eigenvalue weighted by Gasteiger charge is 2.26. The Morgan fingerprint density at radius 3 is 1.04 bits per heavy atom. The minimum Gasteiger partial charge on any atom is -0.354 e. The first-order chi connectivity index (χ1) is 31.5. The quantitative estimate of drug-likeness (QED) is 0.133. The molecule has 0 saturated heterocycles. The number of carbonyl (C=O) groups excluding carboxylic acids is 1. The molecular formula is C61H61IN4O. The fourth-order valence-electron chi connectivity index (χ4n) is 9.04. The lowest BCUT2D eigenvalue weighted by Gasteiger charge is -2.26. The smallest absolute Gasteiger partial charge is 0.150 e. The van der Waals surface area contributed by atoms with E-state index in [1.807, 2.05) is 24.3 Å². The average Bonchev–Trinajstić information content (AvgIpc) is 4.11.